The molecule has 1 aromatic heterocycles. The summed E-state index contributed by atoms with van der Waals surface area (Å²) in [4.78, 5) is 48.3. The molecule has 5 heterocycles. The van der Waals surface area contributed by atoms with Gasteiger partial charge in [-0.05, 0) is 85.3 Å². The van der Waals surface area contributed by atoms with Gasteiger partial charge in [-0.15, -0.1) is 0 Å². The van der Waals surface area contributed by atoms with Gasteiger partial charge in [0.25, 0.3) is 0 Å². The molecular formula is C45H65N3O12S. The van der Waals surface area contributed by atoms with Crippen molar-refractivity contribution in [3.63, 3.8) is 0 Å². The standard InChI is InChI=1S/C45H65N3O12S/c1-11-36-45(8)33(21-37(49)60-45)27(4)38(50)25(2)22-44(7)41(59-43-39(51)35(48(9)10)20-26(3)57-43)28(5)40(29(6)42(52)58-36)55-23-31(24-56-44)47-61(53,54)32-17-15-30(16-18-32)34-14-12-13-19-46-34/h12-19,25-29,31,33,35-36,39-41,43,47,51H,11,20-24H2,1-10H3/t25-,26-,27-,28+,29-,31?,33+,35+,36-,39-,40+,41-,43+,44-,45+/m1/s1. The van der Waals surface area contributed by atoms with Crippen molar-refractivity contribution in [2.45, 2.75) is 146 Å². The number of nitrogens with one attached hydrogen (secondary N) is 1. The minimum Gasteiger partial charge on any atom is -0.458 e. The number of rotatable bonds is 8. The van der Waals surface area contributed by atoms with Gasteiger partial charge in [0.2, 0.25) is 10.0 Å². The first-order valence-corrected chi connectivity index (χ1v) is 23.1. The number of likely N-dealkylation sites (N-methyl/N-ethyl adjacent to an activating group) is 1. The van der Waals surface area contributed by atoms with Gasteiger partial charge in [-0.3, -0.25) is 19.4 Å². The molecule has 0 amide bonds. The minimum absolute atomic E-state index is 0.0160. The molecule has 61 heavy (non-hydrogen) atoms. The van der Waals surface area contributed by atoms with E-state index in [9.17, 15) is 27.9 Å². The van der Waals surface area contributed by atoms with E-state index >= 15 is 0 Å². The van der Waals surface area contributed by atoms with Gasteiger partial charge in [0, 0.05) is 41.5 Å². The van der Waals surface area contributed by atoms with Crippen molar-refractivity contribution in [3.8, 4) is 11.3 Å². The summed E-state index contributed by atoms with van der Waals surface area (Å²) in [5.41, 5.74) is -1.19. The number of hydrogen-bond acceptors (Lipinski definition) is 14. The van der Waals surface area contributed by atoms with Crippen molar-refractivity contribution in [3.05, 3.63) is 48.7 Å². The van der Waals surface area contributed by atoms with Crippen LogP contribution >= 0.6 is 0 Å². The molecule has 15 atom stereocenters. The molecule has 4 saturated heterocycles. The van der Waals surface area contributed by atoms with Crippen LogP contribution in [0.15, 0.2) is 53.6 Å². The topological polar surface area (TPSA) is 189 Å². The van der Waals surface area contributed by atoms with Crippen molar-refractivity contribution in [2.75, 3.05) is 27.3 Å². The Balaban J connectivity index is 1.41. The summed E-state index contributed by atoms with van der Waals surface area (Å²) in [5.74, 6) is -4.82. The van der Waals surface area contributed by atoms with E-state index in [1.165, 1.54) is 12.1 Å². The molecule has 0 saturated carbocycles. The Morgan fingerprint density at radius 3 is 2.33 bits per heavy atom. The quantitative estimate of drug-likeness (QED) is 0.352. The Bertz CT molecular complexity index is 1970. The number of sulfonamides is 1. The predicted octanol–water partition coefficient (Wildman–Crippen LogP) is 4.54. The number of benzene rings is 1. The average molecular weight is 872 g/mol. The van der Waals surface area contributed by atoms with Crippen molar-refractivity contribution in [1.29, 1.82) is 0 Å². The molecule has 2 N–H and O–H groups in total. The lowest BCUT2D eigenvalue weighted by Gasteiger charge is -2.48. The summed E-state index contributed by atoms with van der Waals surface area (Å²) >= 11 is 0. The summed E-state index contributed by atoms with van der Waals surface area (Å²) in [6.45, 7) is 14.0. The minimum atomic E-state index is -4.15. The summed E-state index contributed by atoms with van der Waals surface area (Å²) in [6, 6.07) is 10.6. The maximum atomic E-state index is 14.6. The van der Waals surface area contributed by atoms with Gasteiger partial charge in [-0.2, -0.15) is 0 Å². The number of ketones is 1. The fraction of sp³-hybridized carbons (Fsp3) is 0.689. The lowest BCUT2D eigenvalue weighted by Crippen LogP contribution is -2.60. The van der Waals surface area contributed by atoms with Gasteiger partial charge in [-0.25, -0.2) is 13.1 Å². The molecule has 0 spiro atoms. The number of hydrogen-bond donors (Lipinski definition) is 2. The van der Waals surface area contributed by atoms with E-state index in [4.69, 9.17) is 28.4 Å². The summed E-state index contributed by atoms with van der Waals surface area (Å²) in [6.07, 6.45) is -2.71. The van der Waals surface area contributed by atoms with Gasteiger partial charge in [0.1, 0.15) is 23.6 Å². The molecule has 15 nitrogen and oxygen atoms in total. The number of aliphatic hydroxyl groups excluding tert-OH is 1. The van der Waals surface area contributed by atoms with Gasteiger partial charge in [-0.1, -0.05) is 45.9 Å². The molecule has 16 heteroatoms. The van der Waals surface area contributed by atoms with E-state index in [2.05, 4.69) is 9.71 Å². The van der Waals surface area contributed by atoms with E-state index in [0.29, 0.717) is 18.5 Å². The molecule has 6 rings (SSSR count). The molecule has 0 aliphatic carbocycles. The second-order valence-electron chi connectivity index (χ2n) is 18.4. The molecule has 4 aliphatic heterocycles. The number of fused-ring (bicyclic) bond motifs is 4. The number of aliphatic hydroxyl groups is 1. The first-order chi connectivity index (χ1) is 28.7. The summed E-state index contributed by atoms with van der Waals surface area (Å²) in [5, 5.41) is 11.7. The Labute approximate surface area is 360 Å². The number of carbonyl (C=O) groups excluding carboxylic acids is 3. The maximum Gasteiger partial charge on any atom is 0.311 e. The Morgan fingerprint density at radius 2 is 1.69 bits per heavy atom. The molecule has 0 radical (unpaired) electrons. The van der Waals surface area contributed by atoms with Crippen LogP contribution < -0.4 is 4.72 Å². The molecule has 1 aromatic carbocycles. The number of carbonyl (C=O) groups is 3. The fourth-order valence-corrected chi connectivity index (χ4v) is 11.3. The van der Waals surface area contributed by atoms with Crippen LogP contribution in [0, 0.1) is 29.6 Å². The van der Waals surface area contributed by atoms with Crippen LogP contribution in [0.1, 0.15) is 81.1 Å². The maximum absolute atomic E-state index is 14.6. The van der Waals surface area contributed by atoms with Crippen LogP contribution in [0.25, 0.3) is 11.3 Å². The predicted molar refractivity (Wildman–Crippen MR) is 224 cm³/mol. The van der Waals surface area contributed by atoms with Crippen LogP contribution in [0.3, 0.4) is 0 Å². The average Bonchev–Trinajstić information content (AvgIpc) is 3.55. The third kappa shape index (κ3) is 9.91. The molecule has 1 unspecified atom stereocenters. The zero-order valence-corrected chi connectivity index (χ0v) is 37.9. The monoisotopic (exact) mass is 871 g/mol. The number of aromatic nitrogens is 1. The van der Waals surface area contributed by atoms with E-state index in [1.54, 1.807) is 45.2 Å². The molecule has 4 fully saturated rings. The van der Waals surface area contributed by atoms with Crippen LogP contribution in [-0.4, -0.2) is 129 Å². The van der Waals surface area contributed by atoms with E-state index in [-0.39, 0.29) is 48.9 Å². The molecular weight excluding hydrogens is 807 g/mol. The lowest BCUT2D eigenvalue weighted by molar-refractivity contribution is -0.302. The normalized spacial score (nSPS) is 39.3. The molecule has 338 valence electrons. The second-order valence-corrected chi connectivity index (χ2v) is 20.1. The van der Waals surface area contributed by atoms with Crippen LogP contribution in [0.4, 0.5) is 0 Å². The number of cyclic esters (lactones) is 1. The SMILES string of the molecule is CC[C@H]1OC(=O)[C@H](C)[C@H]2OCC(NS(=O)(=O)c3ccc(-c4ccccn4)cc3)CO[C@](C)(C[C@@H](C)C(=O)[C@H](C)[C@@H]3CC(=O)O[C@]13C)[C@H](O[C@@H]1O[C@H](C)C[C@H](N(C)C)[C@H]1O)[C@H]2C. The number of ether oxygens (including phenoxy) is 6. The van der Waals surface area contributed by atoms with E-state index in [1.807, 2.05) is 65.7 Å². The Hall–Kier alpha value is -3.35. The molecule has 4 aliphatic rings. The van der Waals surface area contributed by atoms with Crippen LogP contribution in [0.2, 0.25) is 0 Å². The van der Waals surface area contributed by atoms with Crippen molar-refractivity contribution in [2.24, 2.45) is 29.6 Å². The zero-order chi connectivity index (χ0) is 44.6. The van der Waals surface area contributed by atoms with E-state index < -0.39 is 99.5 Å². The first kappa shape index (κ1) is 47.1. The van der Waals surface area contributed by atoms with E-state index in [0.717, 1.165) is 5.56 Å². The third-order valence-corrected chi connectivity index (χ3v) is 15.1. The van der Waals surface area contributed by atoms with Gasteiger partial charge in [0.15, 0.2) is 6.29 Å². The van der Waals surface area contributed by atoms with Gasteiger partial charge >= 0.3 is 11.9 Å². The highest BCUT2D eigenvalue weighted by Gasteiger charge is 2.57. The van der Waals surface area contributed by atoms with Gasteiger partial charge in [0.05, 0.1) is 66.1 Å². The van der Waals surface area contributed by atoms with Crippen molar-refractivity contribution < 1.29 is 56.3 Å². The highest BCUT2D eigenvalue weighted by atomic mass is 32.2. The number of esters is 2. The Kier molecular flexibility index (Phi) is 14.5. The second kappa shape index (κ2) is 18.8. The summed E-state index contributed by atoms with van der Waals surface area (Å²) in [7, 11) is -0.399. The smallest absolute Gasteiger partial charge is 0.311 e. The number of nitrogens with zero attached hydrogens (tertiary/aromatic N) is 2. The third-order valence-electron chi connectivity index (χ3n) is 13.5. The molecule has 2 bridgehead atoms. The number of pyridine rings is 1. The number of Topliss-reactive ketones (excluding diaryl/α,β-unsaturated/α-hetero) is 1. The first-order valence-electron chi connectivity index (χ1n) is 21.6. The van der Waals surface area contributed by atoms with Crippen molar-refractivity contribution in [1.82, 2.24) is 14.6 Å². The lowest BCUT2D eigenvalue weighted by atomic mass is 9.70. The largest absolute Gasteiger partial charge is 0.458 e. The Morgan fingerprint density at radius 1 is 0.984 bits per heavy atom. The highest BCUT2D eigenvalue weighted by molar-refractivity contribution is 7.89. The van der Waals surface area contributed by atoms with Crippen molar-refractivity contribution >= 4 is 27.7 Å². The van der Waals surface area contributed by atoms with Crippen LogP contribution in [-0.2, 0) is 52.8 Å². The zero-order valence-electron chi connectivity index (χ0n) is 37.1. The van der Waals surface area contributed by atoms with Crippen LogP contribution in [0.5, 0.6) is 0 Å². The fourth-order valence-electron chi connectivity index (χ4n) is 10.1. The molecule has 2 aromatic rings. The highest BCUT2D eigenvalue weighted by Crippen LogP contribution is 2.46. The summed E-state index contributed by atoms with van der Waals surface area (Å²) < 4.78 is 69.8. The van der Waals surface area contributed by atoms with Gasteiger partial charge < -0.3 is 38.4 Å².